The number of unbranched alkanes of at least 4 members (excludes halogenated alkanes) is 3. The van der Waals surface area contributed by atoms with E-state index in [4.69, 9.17) is 5.26 Å². The van der Waals surface area contributed by atoms with Gasteiger partial charge in [0.1, 0.15) is 0 Å². The van der Waals surface area contributed by atoms with Crippen molar-refractivity contribution in [2.75, 3.05) is 0 Å². The molecule has 0 heterocycles. The summed E-state index contributed by atoms with van der Waals surface area (Å²) in [6.45, 7) is 2.23. The van der Waals surface area contributed by atoms with E-state index in [0.29, 0.717) is 0 Å². The second-order valence-corrected chi connectivity index (χ2v) is 4.41. The predicted octanol–water partition coefficient (Wildman–Crippen LogP) is 4.04. The molecule has 0 aromatic heterocycles. The minimum absolute atomic E-state index is 0.0910. The number of hydrogen-bond acceptors (Lipinski definition) is 1. The van der Waals surface area contributed by atoms with Gasteiger partial charge in [-0.05, 0) is 19.3 Å². The molecule has 1 nitrogen and oxygen atoms in total. The first-order valence-corrected chi connectivity index (χ1v) is 5.74. The average molecular weight is 179 g/mol. The Morgan fingerprint density at radius 3 is 2.38 bits per heavy atom. The van der Waals surface area contributed by atoms with Gasteiger partial charge in [0, 0.05) is 0 Å². The van der Waals surface area contributed by atoms with Gasteiger partial charge in [0.25, 0.3) is 0 Å². The molecule has 0 spiro atoms. The molecular formula is C12H21N. The Bertz CT molecular complexity index is 172. The molecule has 0 unspecified atom stereocenters. The van der Waals surface area contributed by atoms with E-state index in [1.807, 2.05) is 0 Å². The zero-order chi connectivity index (χ0) is 9.57. The van der Waals surface area contributed by atoms with Crippen LogP contribution in [0.1, 0.15) is 64.7 Å². The van der Waals surface area contributed by atoms with Crippen LogP contribution in [-0.2, 0) is 0 Å². The van der Waals surface area contributed by atoms with Gasteiger partial charge in [-0.3, -0.25) is 0 Å². The summed E-state index contributed by atoms with van der Waals surface area (Å²) in [7, 11) is 0. The van der Waals surface area contributed by atoms with Crippen molar-refractivity contribution in [2.24, 2.45) is 5.41 Å². The summed E-state index contributed by atoms with van der Waals surface area (Å²) in [5.41, 5.74) is 0.0910. The van der Waals surface area contributed by atoms with Crippen LogP contribution in [0.5, 0.6) is 0 Å². The van der Waals surface area contributed by atoms with Crippen LogP contribution in [0.25, 0.3) is 0 Å². The second-order valence-electron chi connectivity index (χ2n) is 4.41. The van der Waals surface area contributed by atoms with Gasteiger partial charge in [-0.1, -0.05) is 45.4 Å². The lowest BCUT2D eigenvalue weighted by molar-refractivity contribution is 0.357. The van der Waals surface area contributed by atoms with E-state index in [2.05, 4.69) is 13.0 Å². The Balaban J connectivity index is 2.21. The lowest BCUT2D eigenvalue weighted by Gasteiger charge is -2.19. The van der Waals surface area contributed by atoms with Crippen molar-refractivity contribution in [3.8, 4) is 6.07 Å². The van der Waals surface area contributed by atoms with Crippen LogP contribution in [0.3, 0.4) is 0 Å². The second kappa shape index (κ2) is 5.27. The number of rotatable bonds is 5. The van der Waals surface area contributed by atoms with Crippen molar-refractivity contribution >= 4 is 0 Å². The van der Waals surface area contributed by atoms with Crippen molar-refractivity contribution in [3.63, 3.8) is 0 Å². The van der Waals surface area contributed by atoms with Crippen LogP contribution in [0, 0.1) is 16.7 Å². The molecule has 0 aromatic rings. The minimum Gasteiger partial charge on any atom is -0.198 e. The molecule has 1 aliphatic rings. The van der Waals surface area contributed by atoms with E-state index in [0.717, 1.165) is 19.3 Å². The van der Waals surface area contributed by atoms with Crippen molar-refractivity contribution in [1.29, 1.82) is 5.26 Å². The smallest absolute Gasteiger partial charge is 0.0689 e. The largest absolute Gasteiger partial charge is 0.198 e. The average Bonchev–Trinajstić information content (AvgIpc) is 2.62. The SMILES string of the molecule is CCCCCCC1(C#N)CCCC1. The Labute approximate surface area is 82.1 Å². The monoisotopic (exact) mass is 179 g/mol. The zero-order valence-corrected chi connectivity index (χ0v) is 8.81. The first-order chi connectivity index (χ1) is 6.33. The summed E-state index contributed by atoms with van der Waals surface area (Å²) < 4.78 is 0. The molecular weight excluding hydrogens is 158 g/mol. The maximum Gasteiger partial charge on any atom is 0.0689 e. The Kier molecular flexibility index (Phi) is 4.28. The summed E-state index contributed by atoms with van der Waals surface area (Å²) in [5.74, 6) is 0. The third kappa shape index (κ3) is 3.03. The van der Waals surface area contributed by atoms with Gasteiger partial charge in [-0.15, -0.1) is 0 Å². The van der Waals surface area contributed by atoms with Gasteiger partial charge in [-0.25, -0.2) is 0 Å². The lowest BCUT2D eigenvalue weighted by atomic mass is 9.82. The molecule has 0 aromatic carbocycles. The van der Waals surface area contributed by atoms with Gasteiger partial charge in [0.15, 0.2) is 0 Å². The maximum atomic E-state index is 9.12. The Hall–Kier alpha value is -0.510. The van der Waals surface area contributed by atoms with Crippen LogP contribution in [0.4, 0.5) is 0 Å². The van der Waals surface area contributed by atoms with E-state index >= 15 is 0 Å². The molecule has 1 heteroatoms. The van der Waals surface area contributed by atoms with E-state index < -0.39 is 0 Å². The summed E-state index contributed by atoms with van der Waals surface area (Å²) in [6.07, 6.45) is 11.2. The summed E-state index contributed by atoms with van der Waals surface area (Å²) in [4.78, 5) is 0. The zero-order valence-electron chi connectivity index (χ0n) is 8.81. The van der Waals surface area contributed by atoms with Crippen LogP contribution in [-0.4, -0.2) is 0 Å². The van der Waals surface area contributed by atoms with Crippen molar-refractivity contribution in [1.82, 2.24) is 0 Å². The molecule has 1 aliphatic carbocycles. The normalized spacial score (nSPS) is 20.0. The third-order valence-corrected chi connectivity index (χ3v) is 3.31. The maximum absolute atomic E-state index is 9.12. The van der Waals surface area contributed by atoms with Crippen molar-refractivity contribution in [3.05, 3.63) is 0 Å². The van der Waals surface area contributed by atoms with Crippen molar-refractivity contribution < 1.29 is 0 Å². The fourth-order valence-corrected chi connectivity index (χ4v) is 2.36. The highest BCUT2D eigenvalue weighted by atomic mass is 14.4. The molecule has 0 atom stereocenters. The number of nitriles is 1. The molecule has 0 amide bonds. The first-order valence-electron chi connectivity index (χ1n) is 5.74. The van der Waals surface area contributed by atoms with Gasteiger partial charge >= 0.3 is 0 Å². The fraction of sp³-hybridized carbons (Fsp3) is 0.917. The van der Waals surface area contributed by atoms with Crippen molar-refractivity contribution in [2.45, 2.75) is 64.7 Å². The summed E-state index contributed by atoms with van der Waals surface area (Å²) >= 11 is 0. The fourth-order valence-electron chi connectivity index (χ4n) is 2.36. The number of hydrogen-bond donors (Lipinski definition) is 0. The molecule has 1 rings (SSSR count). The Morgan fingerprint density at radius 1 is 1.15 bits per heavy atom. The topological polar surface area (TPSA) is 23.8 Å². The van der Waals surface area contributed by atoms with Crippen LogP contribution >= 0.6 is 0 Å². The quantitative estimate of drug-likeness (QED) is 0.584. The lowest BCUT2D eigenvalue weighted by Crippen LogP contribution is -2.12. The van der Waals surface area contributed by atoms with Gasteiger partial charge in [0.05, 0.1) is 11.5 Å². The Morgan fingerprint density at radius 2 is 1.85 bits per heavy atom. The van der Waals surface area contributed by atoms with E-state index in [1.165, 1.54) is 38.5 Å². The molecule has 1 fully saturated rings. The van der Waals surface area contributed by atoms with Crippen LogP contribution in [0.2, 0.25) is 0 Å². The van der Waals surface area contributed by atoms with E-state index in [-0.39, 0.29) is 5.41 Å². The summed E-state index contributed by atoms with van der Waals surface area (Å²) in [6, 6.07) is 2.55. The molecule has 1 saturated carbocycles. The van der Waals surface area contributed by atoms with E-state index in [1.54, 1.807) is 0 Å². The highest BCUT2D eigenvalue weighted by Gasteiger charge is 2.32. The van der Waals surface area contributed by atoms with Gasteiger partial charge in [-0.2, -0.15) is 5.26 Å². The highest BCUT2D eigenvalue weighted by Crippen LogP contribution is 2.41. The van der Waals surface area contributed by atoms with Gasteiger partial charge < -0.3 is 0 Å². The number of nitrogens with zero attached hydrogens (tertiary/aromatic N) is 1. The molecule has 0 bridgehead atoms. The third-order valence-electron chi connectivity index (χ3n) is 3.31. The van der Waals surface area contributed by atoms with Crippen LogP contribution in [0.15, 0.2) is 0 Å². The highest BCUT2D eigenvalue weighted by molar-refractivity contribution is 5.01. The first kappa shape index (κ1) is 10.6. The molecule has 0 saturated heterocycles. The molecule has 0 aliphatic heterocycles. The van der Waals surface area contributed by atoms with Gasteiger partial charge in [0.2, 0.25) is 0 Å². The molecule has 74 valence electrons. The predicted molar refractivity (Wildman–Crippen MR) is 55.3 cm³/mol. The minimum atomic E-state index is 0.0910. The summed E-state index contributed by atoms with van der Waals surface area (Å²) in [5, 5.41) is 9.12. The van der Waals surface area contributed by atoms with E-state index in [9.17, 15) is 0 Å². The molecule has 0 N–H and O–H groups in total. The standard InChI is InChI=1S/C12H21N/c1-2-3-4-5-8-12(11-13)9-6-7-10-12/h2-10H2,1H3. The molecule has 0 radical (unpaired) electrons. The van der Waals surface area contributed by atoms with Crippen LogP contribution < -0.4 is 0 Å². The molecule has 13 heavy (non-hydrogen) atoms.